The van der Waals surface area contributed by atoms with Gasteiger partial charge in [-0.2, -0.15) is 5.10 Å². The van der Waals surface area contributed by atoms with E-state index in [0.717, 1.165) is 22.0 Å². The Balaban J connectivity index is 1.43. The van der Waals surface area contributed by atoms with E-state index in [-0.39, 0.29) is 11.9 Å². The van der Waals surface area contributed by atoms with Crippen LogP contribution in [0.5, 0.6) is 0 Å². The van der Waals surface area contributed by atoms with E-state index in [1.165, 1.54) is 0 Å². The first-order valence-electron chi connectivity index (χ1n) is 11.6. The zero-order chi connectivity index (χ0) is 24.7. The van der Waals surface area contributed by atoms with E-state index >= 15 is 0 Å². The highest BCUT2D eigenvalue weighted by atomic mass is 16.1. The van der Waals surface area contributed by atoms with Gasteiger partial charge >= 0.3 is 0 Å². The molecule has 0 radical (unpaired) electrons. The molecule has 5 rings (SSSR count). The number of aromatic nitrogens is 7. The van der Waals surface area contributed by atoms with Gasteiger partial charge in [0.05, 0.1) is 11.8 Å². The number of benzene rings is 1. The van der Waals surface area contributed by atoms with Crippen LogP contribution in [0.1, 0.15) is 50.1 Å². The smallest absolute Gasteiger partial charge is 0.258 e. The maximum absolute atomic E-state index is 13.2. The van der Waals surface area contributed by atoms with Gasteiger partial charge in [0.1, 0.15) is 17.8 Å². The first-order chi connectivity index (χ1) is 16.8. The number of anilines is 1. The summed E-state index contributed by atoms with van der Waals surface area (Å²) in [5, 5.41) is 16.5. The molecule has 0 atom stereocenters. The number of pyridine rings is 1. The molecule has 5 aromatic rings. The highest BCUT2D eigenvalue weighted by Gasteiger charge is 2.17. The number of hydrogen-bond acceptors (Lipinski definition) is 5. The number of hydrogen-bond donors (Lipinski definition) is 1. The molecule has 0 aliphatic heterocycles. The molecule has 35 heavy (non-hydrogen) atoms. The Morgan fingerprint density at radius 1 is 1.00 bits per heavy atom. The highest BCUT2D eigenvalue weighted by molar-refractivity contribution is 6.13. The van der Waals surface area contributed by atoms with Crippen LogP contribution in [0.4, 0.5) is 5.82 Å². The second-order valence-electron chi connectivity index (χ2n) is 9.21. The summed E-state index contributed by atoms with van der Waals surface area (Å²) in [5.41, 5.74) is 4.31. The van der Waals surface area contributed by atoms with Gasteiger partial charge in [0.15, 0.2) is 5.82 Å². The predicted molar refractivity (Wildman–Crippen MR) is 136 cm³/mol. The van der Waals surface area contributed by atoms with Crippen LogP contribution in [0.15, 0.2) is 61.3 Å². The third-order valence-electron chi connectivity index (χ3n) is 6.05. The molecule has 0 saturated carbocycles. The summed E-state index contributed by atoms with van der Waals surface area (Å²) in [4.78, 5) is 17.8. The fourth-order valence-electron chi connectivity index (χ4n) is 4.13. The van der Waals surface area contributed by atoms with Crippen molar-refractivity contribution in [2.75, 3.05) is 5.32 Å². The summed E-state index contributed by atoms with van der Waals surface area (Å²) in [6.07, 6.45) is 7.45. The van der Waals surface area contributed by atoms with Crippen LogP contribution in [0.25, 0.3) is 33.5 Å². The predicted octanol–water partition coefficient (Wildman–Crippen LogP) is 5.11. The molecule has 0 fully saturated rings. The molecule has 9 nitrogen and oxygen atoms in total. The zero-order valence-corrected chi connectivity index (χ0v) is 20.5. The fraction of sp³-hybridized carbons (Fsp3) is 0.269. The topological polar surface area (TPSA) is 95.5 Å². The van der Waals surface area contributed by atoms with Gasteiger partial charge in [0.2, 0.25) is 0 Å². The molecular weight excluding hydrogens is 440 g/mol. The molecule has 1 aromatic carbocycles. The number of aryl methyl sites for hydroxylation is 1. The molecule has 0 aliphatic carbocycles. The number of amides is 1. The first kappa shape index (κ1) is 22.5. The molecule has 0 saturated heterocycles. The average molecular weight is 469 g/mol. The van der Waals surface area contributed by atoms with Gasteiger partial charge in [-0.25, -0.2) is 4.98 Å². The Hall–Kier alpha value is -4.27. The number of nitrogens with zero attached hydrogens (tertiary/aromatic N) is 7. The normalized spacial score (nSPS) is 11.6. The average Bonchev–Trinajstić information content (AvgIpc) is 3.58. The van der Waals surface area contributed by atoms with Crippen LogP contribution in [0, 0.1) is 0 Å². The van der Waals surface area contributed by atoms with E-state index in [4.69, 9.17) is 0 Å². The second-order valence-corrected chi connectivity index (χ2v) is 9.21. The molecule has 0 bridgehead atoms. The lowest BCUT2D eigenvalue weighted by atomic mass is 10.1. The summed E-state index contributed by atoms with van der Waals surface area (Å²) in [6.45, 7) is 8.31. The van der Waals surface area contributed by atoms with Crippen LogP contribution in [-0.4, -0.2) is 40.0 Å². The lowest BCUT2D eigenvalue weighted by molar-refractivity contribution is 0.102. The van der Waals surface area contributed by atoms with Crippen LogP contribution in [0.3, 0.4) is 0 Å². The Morgan fingerprint density at radius 2 is 1.83 bits per heavy atom. The van der Waals surface area contributed by atoms with Crippen molar-refractivity contribution in [3.05, 3.63) is 66.9 Å². The molecular formula is C26H28N8O. The van der Waals surface area contributed by atoms with Gasteiger partial charge < -0.3 is 14.5 Å². The van der Waals surface area contributed by atoms with E-state index in [2.05, 4.69) is 59.4 Å². The van der Waals surface area contributed by atoms with E-state index in [9.17, 15) is 4.79 Å². The molecule has 1 N–H and O–H groups in total. The Labute approximate surface area is 203 Å². The van der Waals surface area contributed by atoms with Crippen LogP contribution < -0.4 is 5.32 Å². The van der Waals surface area contributed by atoms with Gasteiger partial charge in [0, 0.05) is 48.0 Å². The highest BCUT2D eigenvalue weighted by Crippen LogP contribution is 2.28. The van der Waals surface area contributed by atoms with Crippen LogP contribution >= 0.6 is 0 Å². The zero-order valence-electron chi connectivity index (χ0n) is 20.5. The van der Waals surface area contributed by atoms with Gasteiger partial charge in [0.25, 0.3) is 5.91 Å². The summed E-state index contributed by atoms with van der Waals surface area (Å²) in [6, 6.07) is 12.1. The van der Waals surface area contributed by atoms with Crippen molar-refractivity contribution in [2.24, 2.45) is 7.05 Å². The number of carbonyl (C=O) groups excluding carboxylic acids is 1. The largest absolute Gasteiger partial charge is 0.350 e. The van der Waals surface area contributed by atoms with Gasteiger partial charge in [-0.05, 0) is 51.5 Å². The van der Waals surface area contributed by atoms with Crippen molar-refractivity contribution < 1.29 is 4.79 Å². The number of nitrogens with one attached hydrogen (secondary N) is 1. The van der Waals surface area contributed by atoms with Crippen LogP contribution in [-0.2, 0) is 7.05 Å². The molecule has 1 amide bonds. The molecule has 4 heterocycles. The SMILES string of the molecule is CC(C)n1cc(-c2ccc3c(C(=O)Nc4cccc(-c5nncn5C(C)C)n4)cn(C)c3c2)cn1. The third kappa shape index (κ3) is 4.21. The number of fused-ring (bicyclic) bond motifs is 1. The third-order valence-corrected chi connectivity index (χ3v) is 6.05. The monoisotopic (exact) mass is 468 g/mol. The van der Waals surface area contributed by atoms with Gasteiger partial charge in [-0.3, -0.25) is 9.48 Å². The van der Waals surface area contributed by atoms with Gasteiger partial charge in [-0.15, -0.1) is 10.2 Å². The summed E-state index contributed by atoms with van der Waals surface area (Å²) in [5.74, 6) is 0.904. The van der Waals surface area contributed by atoms with Crippen molar-refractivity contribution in [3.63, 3.8) is 0 Å². The Morgan fingerprint density at radius 3 is 2.57 bits per heavy atom. The molecule has 4 aromatic heterocycles. The van der Waals surface area contributed by atoms with E-state index in [1.54, 1.807) is 12.4 Å². The van der Waals surface area contributed by atoms with E-state index in [0.29, 0.717) is 28.9 Å². The van der Waals surface area contributed by atoms with Crippen LogP contribution in [0.2, 0.25) is 0 Å². The minimum Gasteiger partial charge on any atom is -0.350 e. The maximum atomic E-state index is 13.2. The standard InChI is InChI=1S/C26H28N8O/c1-16(2)33-15-27-31-25(33)22-7-6-8-24(29-22)30-26(35)21-14-32(5)23-11-18(9-10-20(21)23)19-12-28-34(13-19)17(3)4/h6-17H,1-5H3,(H,29,30,35). The number of rotatable bonds is 6. The quantitative estimate of drug-likeness (QED) is 0.374. The summed E-state index contributed by atoms with van der Waals surface area (Å²) >= 11 is 0. The van der Waals surface area contributed by atoms with Gasteiger partial charge in [-0.1, -0.05) is 18.2 Å². The van der Waals surface area contributed by atoms with Crippen molar-refractivity contribution in [1.29, 1.82) is 0 Å². The fourth-order valence-corrected chi connectivity index (χ4v) is 4.13. The number of carbonyl (C=O) groups is 1. The summed E-state index contributed by atoms with van der Waals surface area (Å²) < 4.78 is 5.85. The first-order valence-corrected chi connectivity index (χ1v) is 11.6. The molecule has 0 aliphatic rings. The maximum Gasteiger partial charge on any atom is 0.258 e. The second kappa shape index (κ2) is 8.83. The van der Waals surface area contributed by atoms with Crippen molar-refractivity contribution >= 4 is 22.6 Å². The molecule has 0 unspecified atom stereocenters. The molecule has 0 spiro atoms. The van der Waals surface area contributed by atoms with Crippen molar-refractivity contribution in [3.8, 4) is 22.6 Å². The lowest BCUT2D eigenvalue weighted by Gasteiger charge is -2.10. The summed E-state index contributed by atoms with van der Waals surface area (Å²) in [7, 11) is 1.94. The lowest BCUT2D eigenvalue weighted by Crippen LogP contribution is -2.13. The van der Waals surface area contributed by atoms with Crippen molar-refractivity contribution in [1.82, 2.24) is 34.1 Å². The Kier molecular flexibility index (Phi) is 5.68. The van der Waals surface area contributed by atoms with Crippen molar-refractivity contribution in [2.45, 2.75) is 39.8 Å². The molecule has 178 valence electrons. The van der Waals surface area contributed by atoms with E-state index in [1.807, 2.05) is 63.7 Å². The minimum atomic E-state index is -0.217. The van der Waals surface area contributed by atoms with E-state index < -0.39 is 0 Å². The minimum absolute atomic E-state index is 0.195. The Bertz CT molecular complexity index is 1520. The molecule has 9 heteroatoms.